The first kappa shape index (κ1) is 11.8. The summed E-state index contributed by atoms with van der Waals surface area (Å²) in [5.41, 5.74) is 0.414. The minimum atomic E-state index is -0.399. The van der Waals surface area contributed by atoms with E-state index < -0.39 is 5.54 Å². The molecule has 0 saturated carbocycles. The molecule has 4 heteroatoms. The standard InChI is InChI=1S/C11H14ClN3/c1-5-11(4,6-2)15-9-7-8(3)13-10(12)14-9/h1,7H,6H2,2-4H3,(H,13,14,15). The van der Waals surface area contributed by atoms with Crippen molar-refractivity contribution in [2.75, 3.05) is 5.32 Å². The summed E-state index contributed by atoms with van der Waals surface area (Å²) in [6.07, 6.45) is 6.26. The minimum Gasteiger partial charge on any atom is -0.354 e. The molecular formula is C11H14ClN3. The third kappa shape index (κ3) is 3.10. The number of terminal acetylenes is 1. The maximum absolute atomic E-state index is 5.75. The van der Waals surface area contributed by atoms with Gasteiger partial charge in [0.2, 0.25) is 5.28 Å². The number of hydrogen-bond donors (Lipinski definition) is 1. The second-order valence-electron chi connectivity index (χ2n) is 3.62. The summed E-state index contributed by atoms with van der Waals surface area (Å²) < 4.78 is 0. The Labute approximate surface area is 95.3 Å². The highest BCUT2D eigenvalue weighted by atomic mass is 35.5. The van der Waals surface area contributed by atoms with Crippen LogP contribution in [0.25, 0.3) is 0 Å². The summed E-state index contributed by atoms with van der Waals surface area (Å²) in [6.45, 7) is 5.82. The molecule has 3 nitrogen and oxygen atoms in total. The largest absolute Gasteiger partial charge is 0.354 e. The molecule has 0 spiro atoms. The first-order valence-corrected chi connectivity index (χ1v) is 5.14. The number of nitrogens with zero attached hydrogens (tertiary/aromatic N) is 2. The summed E-state index contributed by atoms with van der Waals surface area (Å²) in [5, 5.41) is 3.39. The minimum absolute atomic E-state index is 0.230. The molecule has 80 valence electrons. The monoisotopic (exact) mass is 223 g/mol. The molecule has 1 aromatic heterocycles. The van der Waals surface area contributed by atoms with Crippen molar-refractivity contribution >= 4 is 17.4 Å². The molecule has 0 aliphatic carbocycles. The lowest BCUT2D eigenvalue weighted by molar-refractivity contribution is 0.631. The first-order valence-electron chi connectivity index (χ1n) is 4.76. The molecule has 1 atom stereocenters. The Kier molecular flexibility index (Phi) is 3.54. The molecule has 1 N–H and O–H groups in total. The Bertz CT molecular complexity index is 377. The lowest BCUT2D eigenvalue weighted by Gasteiger charge is -2.24. The van der Waals surface area contributed by atoms with Crippen molar-refractivity contribution in [3.63, 3.8) is 0 Å². The maximum Gasteiger partial charge on any atom is 0.224 e. The molecule has 0 aliphatic heterocycles. The van der Waals surface area contributed by atoms with Crippen molar-refractivity contribution in [3.8, 4) is 12.3 Å². The maximum atomic E-state index is 5.75. The summed E-state index contributed by atoms with van der Waals surface area (Å²) in [4.78, 5) is 8.04. The van der Waals surface area contributed by atoms with E-state index in [1.807, 2.05) is 26.8 Å². The molecule has 1 unspecified atom stereocenters. The van der Waals surface area contributed by atoms with Gasteiger partial charge in [-0.2, -0.15) is 0 Å². The van der Waals surface area contributed by atoms with E-state index in [-0.39, 0.29) is 5.28 Å². The van der Waals surface area contributed by atoms with E-state index in [1.54, 1.807) is 0 Å². The van der Waals surface area contributed by atoms with Gasteiger partial charge in [0.15, 0.2) is 0 Å². The summed E-state index contributed by atoms with van der Waals surface area (Å²) in [7, 11) is 0. The fraction of sp³-hybridized carbons (Fsp3) is 0.455. The van der Waals surface area contributed by atoms with E-state index >= 15 is 0 Å². The van der Waals surface area contributed by atoms with Crippen molar-refractivity contribution in [1.29, 1.82) is 0 Å². The number of hydrogen-bond acceptors (Lipinski definition) is 3. The van der Waals surface area contributed by atoms with Crippen molar-refractivity contribution < 1.29 is 0 Å². The molecule has 1 heterocycles. The van der Waals surface area contributed by atoms with Crippen LogP contribution in [0.2, 0.25) is 5.28 Å². The Morgan fingerprint density at radius 1 is 1.60 bits per heavy atom. The van der Waals surface area contributed by atoms with E-state index in [1.165, 1.54) is 0 Å². The molecule has 1 aromatic rings. The van der Waals surface area contributed by atoms with Gasteiger partial charge in [0.1, 0.15) is 5.82 Å². The second kappa shape index (κ2) is 4.50. The Morgan fingerprint density at radius 3 is 2.73 bits per heavy atom. The Morgan fingerprint density at radius 2 is 2.27 bits per heavy atom. The third-order valence-corrected chi connectivity index (χ3v) is 2.43. The molecule has 0 aromatic carbocycles. The van der Waals surface area contributed by atoms with Gasteiger partial charge in [0, 0.05) is 11.8 Å². The highest BCUT2D eigenvalue weighted by Gasteiger charge is 2.18. The van der Waals surface area contributed by atoms with Gasteiger partial charge < -0.3 is 5.32 Å². The van der Waals surface area contributed by atoms with E-state index in [0.29, 0.717) is 5.82 Å². The third-order valence-electron chi connectivity index (χ3n) is 2.26. The topological polar surface area (TPSA) is 37.8 Å². The molecule has 0 bridgehead atoms. The van der Waals surface area contributed by atoms with Gasteiger partial charge in [0.25, 0.3) is 0 Å². The van der Waals surface area contributed by atoms with E-state index in [4.69, 9.17) is 18.0 Å². The lowest BCUT2D eigenvalue weighted by Crippen LogP contribution is -2.32. The number of rotatable bonds is 3. The average Bonchev–Trinajstić information content (AvgIpc) is 2.16. The van der Waals surface area contributed by atoms with Crippen molar-refractivity contribution in [2.24, 2.45) is 0 Å². The quantitative estimate of drug-likeness (QED) is 0.633. The Balaban J connectivity index is 2.95. The predicted octanol–water partition coefficient (Wildman–Crippen LogP) is 2.65. The average molecular weight is 224 g/mol. The molecule has 0 fully saturated rings. The number of aromatic nitrogens is 2. The normalized spacial score (nSPS) is 14.1. The van der Waals surface area contributed by atoms with Crippen molar-refractivity contribution in [1.82, 2.24) is 9.97 Å². The number of halogens is 1. The first-order chi connectivity index (χ1) is 6.99. The van der Waals surface area contributed by atoms with Crippen molar-refractivity contribution in [3.05, 3.63) is 17.0 Å². The van der Waals surface area contributed by atoms with E-state index in [2.05, 4.69) is 21.2 Å². The van der Waals surface area contributed by atoms with Crippen LogP contribution in [-0.4, -0.2) is 15.5 Å². The molecule has 0 radical (unpaired) electrons. The van der Waals surface area contributed by atoms with Gasteiger partial charge in [-0.1, -0.05) is 12.8 Å². The smallest absolute Gasteiger partial charge is 0.224 e. The van der Waals surface area contributed by atoms with Crippen LogP contribution in [0.5, 0.6) is 0 Å². The summed E-state index contributed by atoms with van der Waals surface area (Å²) >= 11 is 5.75. The van der Waals surface area contributed by atoms with Crippen LogP contribution < -0.4 is 5.32 Å². The predicted molar refractivity (Wildman–Crippen MR) is 62.9 cm³/mol. The highest BCUT2D eigenvalue weighted by molar-refractivity contribution is 6.28. The van der Waals surface area contributed by atoms with Crippen LogP contribution in [0, 0.1) is 19.3 Å². The zero-order valence-electron chi connectivity index (χ0n) is 9.13. The Hall–Kier alpha value is -1.27. The summed E-state index contributed by atoms with van der Waals surface area (Å²) in [5.74, 6) is 3.36. The summed E-state index contributed by atoms with van der Waals surface area (Å²) in [6, 6.07) is 1.82. The molecular weight excluding hydrogens is 210 g/mol. The van der Waals surface area contributed by atoms with Gasteiger partial charge in [-0.3, -0.25) is 0 Å². The van der Waals surface area contributed by atoms with Gasteiger partial charge in [0.05, 0.1) is 5.54 Å². The number of nitrogens with one attached hydrogen (secondary N) is 1. The lowest BCUT2D eigenvalue weighted by atomic mass is 10.0. The van der Waals surface area contributed by atoms with Crippen LogP contribution in [0.1, 0.15) is 26.0 Å². The molecule has 1 rings (SSSR count). The van der Waals surface area contributed by atoms with Crippen molar-refractivity contribution in [2.45, 2.75) is 32.7 Å². The SMILES string of the molecule is C#CC(C)(CC)Nc1cc(C)nc(Cl)n1. The second-order valence-corrected chi connectivity index (χ2v) is 3.96. The molecule has 0 saturated heterocycles. The van der Waals surface area contributed by atoms with Crippen LogP contribution in [-0.2, 0) is 0 Å². The number of anilines is 1. The van der Waals surface area contributed by atoms with Crippen LogP contribution in [0.3, 0.4) is 0 Å². The van der Waals surface area contributed by atoms with Gasteiger partial charge >= 0.3 is 0 Å². The van der Waals surface area contributed by atoms with Gasteiger partial charge in [-0.25, -0.2) is 9.97 Å². The molecule has 0 amide bonds. The van der Waals surface area contributed by atoms with Crippen LogP contribution in [0.15, 0.2) is 6.07 Å². The van der Waals surface area contributed by atoms with Gasteiger partial charge in [-0.15, -0.1) is 6.42 Å². The molecule has 0 aliphatic rings. The highest BCUT2D eigenvalue weighted by Crippen LogP contribution is 2.17. The van der Waals surface area contributed by atoms with Gasteiger partial charge in [-0.05, 0) is 31.9 Å². The molecule has 15 heavy (non-hydrogen) atoms. The van der Waals surface area contributed by atoms with Crippen LogP contribution >= 0.6 is 11.6 Å². The fourth-order valence-corrected chi connectivity index (χ4v) is 1.33. The van der Waals surface area contributed by atoms with E-state index in [9.17, 15) is 0 Å². The zero-order valence-corrected chi connectivity index (χ0v) is 9.89. The zero-order chi connectivity index (χ0) is 11.5. The van der Waals surface area contributed by atoms with E-state index in [0.717, 1.165) is 12.1 Å². The fourth-order valence-electron chi connectivity index (χ4n) is 1.11. The van der Waals surface area contributed by atoms with Crippen LogP contribution in [0.4, 0.5) is 5.82 Å². The number of aryl methyl sites for hydroxylation is 1.